The first-order valence-corrected chi connectivity index (χ1v) is 6.77. The Hall–Kier alpha value is -1.31. The summed E-state index contributed by atoms with van der Waals surface area (Å²) in [6, 6.07) is 9.41. The average molecular weight is 227 g/mol. The van der Waals surface area contributed by atoms with Crippen LogP contribution in [0.1, 0.15) is 55.3 Å². The van der Waals surface area contributed by atoms with E-state index in [0.29, 0.717) is 23.9 Å². The van der Waals surface area contributed by atoms with E-state index in [4.69, 9.17) is 0 Å². The fourth-order valence-corrected chi connectivity index (χ4v) is 3.71. The molecule has 2 heteroatoms. The van der Waals surface area contributed by atoms with E-state index in [1.807, 2.05) is 0 Å². The van der Waals surface area contributed by atoms with Gasteiger partial charge in [0.05, 0.1) is 12.1 Å². The van der Waals surface area contributed by atoms with Crippen molar-refractivity contribution in [2.45, 2.75) is 44.2 Å². The number of fused-ring (bicyclic) bond motifs is 5. The molecular weight excluding hydrogens is 210 g/mol. The number of rotatable bonds is 1. The number of carbonyl (C=O) groups excluding carboxylic acids is 1. The molecule has 1 aliphatic carbocycles. The van der Waals surface area contributed by atoms with Crippen molar-refractivity contribution in [1.29, 1.82) is 0 Å². The van der Waals surface area contributed by atoms with E-state index in [0.717, 1.165) is 12.8 Å². The summed E-state index contributed by atoms with van der Waals surface area (Å²) in [6.07, 6.45) is 5.81. The van der Waals surface area contributed by atoms with Crippen LogP contribution in [0.2, 0.25) is 0 Å². The highest BCUT2D eigenvalue weighted by Gasteiger charge is 2.47. The molecule has 2 atom stereocenters. The highest BCUT2D eigenvalue weighted by molar-refractivity contribution is 5.82. The lowest BCUT2D eigenvalue weighted by Crippen LogP contribution is -2.36. The van der Waals surface area contributed by atoms with Crippen LogP contribution in [0, 0.1) is 5.92 Å². The van der Waals surface area contributed by atoms with Crippen LogP contribution in [0.15, 0.2) is 24.3 Å². The van der Waals surface area contributed by atoms with Crippen LogP contribution in [0.3, 0.4) is 0 Å². The Morgan fingerprint density at radius 3 is 2.06 bits per heavy atom. The van der Waals surface area contributed by atoms with Crippen LogP contribution in [0.5, 0.6) is 0 Å². The molecule has 1 aromatic rings. The zero-order valence-corrected chi connectivity index (χ0v) is 9.93. The molecule has 2 nitrogen and oxygen atoms in total. The fourth-order valence-electron chi connectivity index (χ4n) is 3.71. The van der Waals surface area contributed by atoms with E-state index in [-0.39, 0.29) is 0 Å². The van der Waals surface area contributed by atoms with Gasteiger partial charge in [-0.1, -0.05) is 30.7 Å². The Balaban J connectivity index is 1.70. The van der Waals surface area contributed by atoms with Crippen molar-refractivity contribution in [2.75, 3.05) is 0 Å². The predicted octanol–water partition coefficient (Wildman–Crippen LogP) is 3.20. The summed E-state index contributed by atoms with van der Waals surface area (Å²) in [4.78, 5) is 14.7. The van der Waals surface area contributed by atoms with Gasteiger partial charge in [0.1, 0.15) is 0 Å². The monoisotopic (exact) mass is 227 g/mol. The van der Waals surface area contributed by atoms with Gasteiger partial charge in [-0.2, -0.15) is 0 Å². The van der Waals surface area contributed by atoms with Crippen molar-refractivity contribution in [1.82, 2.24) is 4.90 Å². The quantitative estimate of drug-likeness (QED) is 0.721. The molecule has 2 heterocycles. The van der Waals surface area contributed by atoms with Crippen molar-refractivity contribution in [3.63, 3.8) is 0 Å². The summed E-state index contributed by atoms with van der Waals surface area (Å²) >= 11 is 0. The third-order valence-electron chi connectivity index (χ3n) is 4.81. The van der Waals surface area contributed by atoms with Crippen molar-refractivity contribution >= 4 is 5.91 Å². The maximum absolute atomic E-state index is 12.5. The highest BCUT2D eigenvalue weighted by atomic mass is 16.2. The number of benzene rings is 1. The number of hydrogen-bond acceptors (Lipinski definition) is 1. The van der Waals surface area contributed by atoms with E-state index in [9.17, 15) is 4.79 Å². The lowest BCUT2D eigenvalue weighted by atomic mass is 9.84. The van der Waals surface area contributed by atoms with E-state index < -0.39 is 0 Å². The van der Waals surface area contributed by atoms with Gasteiger partial charge in [-0.15, -0.1) is 0 Å². The molecule has 0 N–H and O–H groups in total. The second-order valence-electron chi connectivity index (χ2n) is 5.61. The SMILES string of the molecule is O=C(C1CCC1)N1C2CCC1c1ccccc12. The molecule has 0 radical (unpaired) electrons. The minimum Gasteiger partial charge on any atom is -0.328 e. The second kappa shape index (κ2) is 3.34. The molecule has 1 aromatic carbocycles. The van der Waals surface area contributed by atoms with Crippen LogP contribution in [-0.4, -0.2) is 10.8 Å². The molecule has 2 unspecified atom stereocenters. The molecule has 88 valence electrons. The minimum absolute atomic E-state index is 0.340. The van der Waals surface area contributed by atoms with E-state index >= 15 is 0 Å². The largest absolute Gasteiger partial charge is 0.328 e. The normalized spacial score (nSPS) is 30.2. The molecule has 4 rings (SSSR count). The fraction of sp³-hybridized carbons (Fsp3) is 0.533. The zero-order chi connectivity index (χ0) is 11.4. The molecule has 0 spiro atoms. The Morgan fingerprint density at radius 2 is 1.59 bits per heavy atom. The third-order valence-corrected chi connectivity index (χ3v) is 4.81. The van der Waals surface area contributed by atoms with Crippen LogP contribution in [0.4, 0.5) is 0 Å². The molecule has 0 aromatic heterocycles. The van der Waals surface area contributed by atoms with Gasteiger partial charge in [0.2, 0.25) is 5.91 Å². The lowest BCUT2D eigenvalue weighted by molar-refractivity contribution is -0.140. The molecule has 3 aliphatic rings. The summed E-state index contributed by atoms with van der Waals surface area (Å²) in [5.74, 6) is 0.771. The van der Waals surface area contributed by atoms with Gasteiger partial charge >= 0.3 is 0 Å². The predicted molar refractivity (Wildman–Crippen MR) is 65.3 cm³/mol. The summed E-state index contributed by atoms with van der Waals surface area (Å²) < 4.78 is 0. The third kappa shape index (κ3) is 1.18. The van der Waals surface area contributed by atoms with Crippen molar-refractivity contribution in [2.24, 2.45) is 5.92 Å². The van der Waals surface area contributed by atoms with E-state index in [2.05, 4.69) is 29.2 Å². The van der Waals surface area contributed by atoms with Gasteiger partial charge in [0.25, 0.3) is 0 Å². The van der Waals surface area contributed by atoms with Crippen molar-refractivity contribution in [3.05, 3.63) is 35.4 Å². The molecule has 1 saturated heterocycles. The zero-order valence-electron chi connectivity index (χ0n) is 9.93. The minimum atomic E-state index is 0.340. The van der Waals surface area contributed by atoms with E-state index in [1.165, 1.54) is 30.4 Å². The molecule has 2 fully saturated rings. The van der Waals surface area contributed by atoms with Crippen LogP contribution in [-0.2, 0) is 4.79 Å². The number of nitrogens with zero attached hydrogens (tertiary/aromatic N) is 1. The molecule has 17 heavy (non-hydrogen) atoms. The van der Waals surface area contributed by atoms with Gasteiger partial charge < -0.3 is 4.90 Å². The van der Waals surface area contributed by atoms with Gasteiger partial charge in [-0.05, 0) is 36.8 Å². The Bertz CT molecular complexity index is 447. The maximum Gasteiger partial charge on any atom is 0.226 e. The Kier molecular flexibility index (Phi) is 1.91. The number of amides is 1. The number of carbonyl (C=O) groups is 1. The summed E-state index contributed by atoms with van der Waals surface area (Å²) in [5, 5.41) is 0. The first-order chi connectivity index (χ1) is 8.36. The molecule has 2 bridgehead atoms. The molecule has 2 aliphatic heterocycles. The van der Waals surface area contributed by atoms with Gasteiger partial charge in [0, 0.05) is 5.92 Å². The summed E-state index contributed by atoms with van der Waals surface area (Å²) in [6.45, 7) is 0. The van der Waals surface area contributed by atoms with Crippen molar-refractivity contribution < 1.29 is 4.79 Å². The first-order valence-electron chi connectivity index (χ1n) is 6.77. The topological polar surface area (TPSA) is 20.3 Å². The second-order valence-corrected chi connectivity index (χ2v) is 5.61. The van der Waals surface area contributed by atoms with E-state index in [1.54, 1.807) is 0 Å². The Morgan fingerprint density at radius 1 is 1.00 bits per heavy atom. The van der Waals surface area contributed by atoms with Gasteiger partial charge in [0.15, 0.2) is 0 Å². The molecule has 1 amide bonds. The van der Waals surface area contributed by atoms with Gasteiger partial charge in [-0.3, -0.25) is 4.79 Å². The highest BCUT2D eigenvalue weighted by Crippen LogP contribution is 2.54. The average Bonchev–Trinajstić information content (AvgIpc) is 2.83. The number of hydrogen-bond donors (Lipinski definition) is 0. The van der Waals surface area contributed by atoms with Crippen LogP contribution in [0.25, 0.3) is 0 Å². The molecule has 1 saturated carbocycles. The summed E-state index contributed by atoms with van der Waals surface area (Å²) in [5.41, 5.74) is 2.83. The van der Waals surface area contributed by atoms with Gasteiger partial charge in [-0.25, -0.2) is 0 Å². The lowest BCUT2D eigenvalue weighted by Gasteiger charge is -2.32. The smallest absolute Gasteiger partial charge is 0.226 e. The maximum atomic E-state index is 12.5. The Labute approximate surface area is 102 Å². The summed E-state index contributed by atoms with van der Waals surface area (Å²) in [7, 11) is 0. The van der Waals surface area contributed by atoms with Crippen molar-refractivity contribution in [3.8, 4) is 0 Å². The van der Waals surface area contributed by atoms with Crippen LogP contribution < -0.4 is 0 Å². The molecular formula is C15H17NO. The first kappa shape index (κ1) is 9.69. The van der Waals surface area contributed by atoms with Crippen LogP contribution >= 0.6 is 0 Å². The standard InChI is InChI=1S/C15H17NO/c17-15(10-4-3-5-10)16-13-8-9-14(16)12-7-2-1-6-11(12)13/h1-2,6-7,10,13-14H,3-5,8-9H2.